The first-order valence-corrected chi connectivity index (χ1v) is 10.00. The zero-order chi connectivity index (χ0) is 23.0. The highest BCUT2D eigenvalue weighted by Gasteiger charge is 2.51. The molecule has 0 radical (unpaired) electrons. The van der Waals surface area contributed by atoms with Crippen LogP contribution in [0.15, 0.2) is 49.1 Å². The van der Waals surface area contributed by atoms with E-state index in [4.69, 9.17) is 14.2 Å². The number of rotatable bonds is 8. The van der Waals surface area contributed by atoms with Gasteiger partial charge in [-0.2, -0.15) is 0 Å². The molecule has 0 unspecified atom stereocenters. The van der Waals surface area contributed by atoms with E-state index in [0.717, 1.165) is 5.56 Å². The Labute approximate surface area is 181 Å². The van der Waals surface area contributed by atoms with Crippen molar-refractivity contribution in [2.45, 2.75) is 38.6 Å². The van der Waals surface area contributed by atoms with Crippen LogP contribution >= 0.6 is 0 Å². The summed E-state index contributed by atoms with van der Waals surface area (Å²) in [5, 5.41) is 12.1. The summed E-state index contributed by atoms with van der Waals surface area (Å²) in [6.07, 6.45) is 2.53. The average Bonchev–Trinajstić information content (AvgIpc) is 3.08. The number of hydrogen-bond donors (Lipinski definition) is 2. The molecule has 1 aliphatic rings. The Morgan fingerprint density at radius 1 is 1.16 bits per heavy atom. The number of carbonyl (C=O) groups excluding carboxylic acids is 2. The third kappa shape index (κ3) is 7.25. The summed E-state index contributed by atoms with van der Waals surface area (Å²) in [5.41, 5.74) is 0.239. The Morgan fingerprint density at radius 3 is 2.42 bits per heavy atom. The number of alkyl carbamates (subject to hydrolysis) is 1. The third-order valence-electron chi connectivity index (χ3n) is 4.49. The number of hydrogen-bond acceptors (Lipinski definition) is 6. The zero-order valence-electron chi connectivity index (χ0n) is 17.9. The molecule has 0 aliphatic carbocycles. The maximum atomic E-state index is 12.7. The van der Waals surface area contributed by atoms with Gasteiger partial charge in [0.25, 0.3) is 0 Å². The number of ether oxygens (including phenoxy) is 3. The Kier molecular flexibility index (Phi) is 8.38. The predicted octanol–water partition coefficient (Wildman–Crippen LogP) is 3.04. The number of esters is 1. The predicted molar refractivity (Wildman–Crippen MR) is 114 cm³/mol. The highest BCUT2D eigenvalue weighted by atomic mass is 16.6. The maximum Gasteiger partial charge on any atom is 0.407 e. The van der Waals surface area contributed by atoms with E-state index in [9.17, 15) is 19.5 Å². The highest BCUT2D eigenvalue weighted by Crippen LogP contribution is 2.36. The highest BCUT2D eigenvalue weighted by molar-refractivity contribution is 5.83. The van der Waals surface area contributed by atoms with E-state index >= 15 is 0 Å². The van der Waals surface area contributed by atoms with Crippen molar-refractivity contribution in [1.29, 1.82) is 0 Å². The summed E-state index contributed by atoms with van der Waals surface area (Å²) in [5.74, 6) is -4.07. The normalized spacial score (nSPS) is 23.3. The lowest BCUT2D eigenvalue weighted by Gasteiger charge is -2.20. The van der Waals surface area contributed by atoms with E-state index in [1.165, 1.54) is 6.08 Å². The summed E-state index contributed by atoms with van der Waals surface area (Å²) in [6, 6.07) is 9.36. The number of carbonyl (C=O) groups is 3. The van der Waals surface area contributed by atoms with Gasteiger partial charge in [0.2, 0.25) is 0 Å². The smallest absolute Gasteiger partial charge is 0.407 e. The van der Waals surface area contributed by atoms with Crippen LogP contribution in [0.4, 0.5) is 4.79 Å². The van der Waals surface area contributed by atoms with Crippen molar-refractivity contribution in [3.8, 4) is 0 Å². The number of amides is 1. The molecular weight excluding hydrogens is 402 g/mol. The van der Waals surface area contributed by atoms with Crippen LogP contribution in [-0.4, -0.2) is 54.1 Å². The Bertz CT molecular complexity index is 813. The molecule has 0 spiro atoms. The van der Waals surface area contributed by atoms with Gasteiger partial charge in [0.05, 0.1) is 18.8 Å². The average molecular weight is 431 g/mol. The van der Waals surface area contributed by atoms with Gasteiger partial charge < -0.3 is 24.6 Å². The molecular formula is C23H29NO7. The molecule has 1 saturated heterocycles. The quantitative estimate of drug-likeness (QED) is 0.370. The van der Waals surface area contributed by atoms with Crippen LogP contribution in [-0.2, 0) is 23.8 Å². The zero-order valence-corrected chi connectivity index (χ0v) is 17.9. The first-order chi connectivity index (χ1) is 14.6. The van der Waals surface area contributed by atoms with Crippen molar-refractivity contribution in [3.63, 3.8) is 0 Å². The van der Waals surface area contributed by atoms with Gasteiger partial charge >= 0.3 is 18.0 Å². The first kappa shape index (κ1) is 24.1. The van der Waals surface area contributed by atoms with Crippen LogP contribution in [0.25, 0.3) is 6.08 Å². The molecule has 2 rings (SSSR count). The topological polar surface area (TPSA) is 111 Å². The standard InChI is InChI=1S/C23H29NO7/c1-5-16-18(20(25)26)19(17(30-16)12-11-15-9-7-6-8-10-15)21(27)29-14-13-24-22(28)31-23(2,3)4/h5-12,16-19H,1,13-14H2,2-4H3,(H,24,28)(H,25,26)/b12-11+/t16-,17+,18-,19+/m0/s1. The number of benzene rings is 1. The third-order valence-corrected chi connectivity index (χ3v) is 4.49. The molecule has 0 aromatic heterocycles. The molecule has 1 aromatic rings. The van der Waals surface area contributed by atoms with Crippen molar-refractivity contribution in [2.75, 3.05) is 13.2 Å². The maximum absolute atomic E-state index is 12.7. The van der Waals surface area contributed by atoms with Crippen molar-refractivity contribution in [3.05, 3.63) is 54.6 Å². The van der Waals surface area contributed by atoms with Crippen LogP contribution in [0, 0.1) is 11.8 Å². The monoisotopic (exact) mass is 431 g/mol. The SMILES string of the molecule is C=C[C@@H]1O[C@H](/C=C/c2ccccc2)[C@@H](C(=O)OCCNC(=O)OC(C)(C)C)[C@H]1C(=O)O. The molecule has 8 nitrogen and oxygen atoms in total. The van der Waals surface area contributed by atoms with E-state index in [-0.39, 0.29) is 13.2 Å². The Balaban J connectivity index is 2.03. The summed E-state index contributed by atoms with van der Waals surface area (Å²) >= 11 is 0. The molecule has 2 N–H and O–H groups in total. The number of aliphatic carboxylic acids is 1. The van der Waals surface area contributed by atoms with Crippen molar-refractivity contribution in [2.24, 2.45) is 11.8 Å². The first-order valence-electron chi connectivity index (χ1n) is 10.00. The van der Waals surface area contributed by atoms with E-state index in [1.54, 1.807) is 32.9 Å². The lowest BCUT2D eigenvalue weighted by molar-refractivity contribution is -0.156. The van der Waals surface area contributed by atoms with Gasteiger partial charge in [-0.15, -0.1) is 6.58 Å². The van der Waals surface area contributed by atoms with Gasteiger partial charge in [-0.05, 0) is 26.3 Å². The largest absolute Gasteiger partial charge is 0.481 e. The van der Waals surface area contributed by atoms with Gasteiger partial charge in [-0.25, -0.2) is 4.79 Å². The van der Waals surface area contributed by atoms with E-state index < -0.39 is 47.7 Å². The minimum Gasteiger partial charge on any atom is -0.481 e. The van der Waals surface area contributed by atoms with Crippen molar-refractivity contribution >= 4 is 24.1 Å². The van der Waals surface area contributed by atoms with Crippen LogP contribution in [0.1, 0.15) is 26.3 Å². The van der Waals surface area contributed by atoms with Crippen LogP contribution < -0.4 is 5.32 Å². The molecule has 0 saturated carbocycles. The fraction of sp³-hybridized carbons (Fsp3) is 0.435. The molecule has 1 aliphatic heterocycles. The summed E-state index contributed by atoms with van der Waals surface area (Å²) < 4.78 is 16.1. The summed E-state index contributed by atoms with van der Waals surface area (Å²) in [4.78, 5) is 36.2. The van der Waals surface area contributed by atoms with Gasteiger partial charge in [0.1, 0.15) is 24.0 Å². The summed E-state index contributed by atoms with van der Waals surface area (Å²) in [7, 11) is 0. The van der Waals surface area contributed by atoms with Crippen molar-refractivity contribution < 1.29 is 33.7 Å². The minimum absolute atomic E-state index is 0.0291. The molecule has 1 fully saturated rings. The molecule has 0 bridgehead atoms. The second-order valence-corrected chi connectivity index (χ2v) is 8.06. The fourth-order valence-electron chi connectivity index (χ4n) is 3.19. The van der Waals surface area contributed by atoms with Crippen LogP contribution in [0.2, 0.25) is 0 Å². The van der Waals surface area contributed by atoms with Crippen LogP contribution in [0.5, 0.6) is 0 Å². The molecule has 8 heteroatoms. The Hall–Kier alpha value is -3.13. The lowest BCUT2D eigenvalue weighted by Crippen LogP contribution is -2.37. The molecule has 1 amide bonds. The van der Waals surface area contributed by atoms with Crippen LogP contribution in [0.3, 0.4) is 0 Å². The lowest BCUT2D eigenvalue weighted by atomic mass is 9.86. The second-order valence-electron chi connectivity index (χ2n) is 8.06. The molecule has 31 heavy (non-hydrogen) atoms. The van der Waals surface area contributed by atoms with Gasteiger partial charge in [0.15, 0.2) is 0 Å². The van der Waals surface area contributed by atoms with Gasteiger partial charge in [0, 0.05) is 0 Å². The molecule has 1 heterocycles. The van der Waals surface area contributed by atoms with Gasteiger partial charge in [-0.3, -0.25) is 9.59 Å². The summed E-state index contributed by atoms with van der Waals surface area (Å²) in [6.45, 7) is 8.72. The van der Waals surface area contributed by atoms with Crippen molar-refractivity contribution in [1.82, 2.24) is 5.32 Å². The van der Waals surface area contributed by atoms with E-state index in [0.29, 0.717) is 0 Å². The molecule has 4 atom stereocenters. The Morgan fingerprint density at radius 2 is 1.84 bits per heavy atom. The minimum atomic E-state index is -1.17. The number of nitrogens with one attached hydrogen (secondary N) is 1. The second kappa shape index (κ2) is 10.8. The molecule has 168 valence electrons. The fourth-order valence-corrected chi connectivity index (χ4v) is 3.19. The van der Waals surface area contributed by atoms with Gasteiger partial charge in [-0.1, -0.05) is 48.6 Å². The number of carboxylic acid groups (broad SMARTS) is 1. The number of carboxylic acids is 1. The van der Waals surface area contributed by atoms with E-state index in [2.05, 4.69) is 11.9 Å². The van der Waals surface area contributed by atoms with E-state index in [1.807, 2.05) is 30.3 Å². The molecule has 1 aromatic carbocycles.